The molecule has 1 aliphatic rings. The molecule has 4 heteroatoms. The van der Waals surface area contributed by atoms with E-state index < -0.39 is 11.9 Å². The topological polar surface area (TPSA) is 72.6 Å². The summed E-state index contributed by atoms with van der Waals surface area (Å²) in [6, 6.07) is 5.58. The molecule has 1 aliphatic heterocycles. The number of carboxylic acid groups (broad SMARTS) is 1. The number of hydrogen-bond acceptors (Lipinski definition) is 3. The van der Waals surface area contributed by atoms with Crippen LogP contribution < -0.4 is 10.5 Å². The molecule has 0 spiro atoms. The Bertz CT molecular complexity index is 403. The van der Waals surface area contributed by atoms with Crippen LogP contribution in [0.1, 0.15) is 23.5 Å². The van der Waals surface area contributed by atoms with E-state index in [0.29, 0.717) is 6.61 Å². The second-order valence-corrected chi connectivity index (χ2v) is 3.95. The Hall–Kier alpha value is -1.55. The zero-order valence-corrected chi connectivity index (χ0v) is 8.98. The van der Waals surface area contributed by atoms with Crippen LogP contribution >= 0.6 is 0 Å². The number of ether oxygens (including phenoxy) is 1. The molecule has 2 rings (SSSR count). The van der Waals surface area contributed by atoms with Crippen molar-refractivity contribution in [2.45, 2.75) is 18.8 Å². The Morgan fingerprint density at radius 2 is 2.38 bits per heavy atom. The second kappa shape index (κ2) is 4.53. The molecule has 86 valence electrons. The van der Waals surface area contributed by atoms with Gasteiger partial charge in [-0.05, 0) is 30.0 Å². The summed E-state index contributed by atoms with van der Waals surface area (Å²) in [5, 5.41) is 9.01. The van der Waals surface area contributed by atoms with Crippen molar-refractivity contribution >= 4 is 5.97 Å². The molecule has 3 N–H and O–H groups in total. The van der Waals surface area contributed by atoms with Gasteiger partial charge in [0.05, 0.1) is 12.5 Å². The molecule has 0 radical (unpaired) electrons. The van der Waals surface area contributed by atoms with Crippen LogP contribution in [-0.2, 0) is 11.2 Å². The van der Waals surface area contributed by atoms with Crippen LogP contribution in [0.2, 0.25) is 0 Å². The number of benzene rings is 1. The Kier molecular flexibility index (Phi) is 3.10. The number of nitrogens with two attached hydrogens (primary N) is 1. The van der Waals surface area contributed by atoms with Crippen molar-refractivity contribution in [1.82, 2.24) is 0 Å². The van der Waals surface area contributed by atoms with Crippen molar-refractivity contribution in [2.24, 2.45) is 5.73 Å². The fourth-order valence-electron chi connectivity index (χ4n) is 1.95. The zero-order valence-electron chi connectivity index (χ0n) is 8.98. The van der Waals surface area contributed by atoms with E-state index in [2.05, 4.69) is 0 Å². The third-order valence-corrected chi connectivity index (χ3v) is 2.88. The van der Waals surface area contributed by atoms with Gasteiger partial charge in [0.25, 0.3) is 0 Å². The Balaban J connectivity index is 2.32. The van der Waals surface area contributed by atoms with Crippen LogP contribution in [0.4, 0.5) is 0 Å². The van der Waals surface area contributed by atoms with Crippen molar-refractivity contribution in [3.8, 4) is 5.75 Å². The van der Waals surface area contributed by atoms with Crippen LogP contribution in [-0.4, -0.2) is 24.2 Å². The first-order valence-corrected chi connectivity index (χ1v) is 5.41. The molecule has 1 unspecified atom stereocenters. The van der Waals surface area contributed by atoms with Gasteiger partial charge < -0.3 is 15.6 Å². The average Bonchev–Trinajstić information content (AvgIpc) is 2.29. The van der Waals surface area contributed by atoms with Crippen LogP contribution in [0, 0.1) is 0 Å². The fraction of sp³-hybridized carbons (Fsp3) is 0.417. The molecule has 0 aromatic heterocycles. The van der Waals surface area contributed by atoms with E-state index in [0.717, 1.165) is 29.7 Å². The van der Waals surface area contributed by atoms with Gasteiger partial charge in [0.2, 0.25) is 0 Å². The summed E-state index contributed by atoms with van der Waals surface area (Å²) in [4.78, 5) is 11.0. The molecule has 0 aliphatic carbocycles. The van der Waals surface area contributed by atoms with E-state index in [-0.39, 0.29) is 6.54 Å². The van der Waals surface area contributed by atoms with Gasteiger partial charge in [0, 0.05) is 6.54 Å². The molecule has 4 nitrogen and oxygen atoms in total. The normalized spacial score (nSPS) is 16.1. The lowest BCUT2D eigenvalue weighted by Gasteiger charge is -2.19. The molecule has 0 fully saturated rings. The SMILES string of the molecule is NCC(C(=O)O)c1ccc2c(c1)OCCC2. The number of rotatable bonds is 3. The first-order chi connectivity index (χ1) is 7.72. The second-order valence-electron chi connectivity index (χ2n) is 3.95. The van der Waals surface area contributed by atoms with Gasteiger partial charge in [0.1, 0.15) is 5.75 Å². The minimum absolute atomic E-state index is 0.105. The first kappa shape index (κ1) is 11.0. The van der Waals surface area contributed by atoms with Crippen molar-refractivity contribution in [2.75, 3.05) is 13.2 Å². The lowest BCUT2D eigenvalue weighted by atomic mass is 9.96. The molecule has 0 bridgehead atoms. The molecule has 0 saturated carbocycles. The maximum absolute atomic E-state index is 11.0. The molecule has 1 atom stereocenters. The van der Waals surface area contributed by atoms with Crippen LogP contribution in [0.25, 0.3) is 0 Å². The van der Waals surface area contributed by atoms with E-state index in [9.17, 15) is 4.79 Å². The standard InChI is InChI=1S/C12H15NO3/c13-7-10(12(14)15)9-4-3-8-2-1-5-16-11(8)6-9/h3-4,6,10H,1-2,5,7,13H2,(H,14,15). The van der Waals surface area contributed by atoms with Gasteiger partial charge in [0.15, 0.2) is 0 Å². The summed E-state index contributed by atoms with van der Waals surface area (Å²) in [6.45, 7) is 0.810. The largest absolute Gasteiger partial charge is 0.493 e. The maximum Gasteiger partial charge on any atom is 0.312 e. The molecule has 0 saturated heterocycles. The number of carbonyl (C=O) groups is 1. The van der Waals surface area contributed by atoms with Crippen molar-refractivity contribution in [1.29, 1.82) is 0 Å². The van der Waals surface area contributed by atoms with Crippen LogP contribution in [0.15, 0.2) is 18.2 Å². The Morgan fingerprint density at radius 3 is 3.06 bits per heavy atom. The number of hydrogen-bond donors (Lipinski definition) is 2. The number of fused-ring (bicyclic) bond motifs is 1. The van der Waals surface area contributed by atoms with Crippen molar-refractivity contribution < 1.29 is 14.6 Å². The predicted octanol–water partition coefficient (Wildman–Crippen LogP) is 1.14. The highest BCUT2D eigenvalue weighted by molar-refractivity contribution is 5.76. The number of aryl methyl sites for hydroxylation is 1. The minimum atomic E-state index is -0.891. The average molecular weight is 221 g/mol. The van der Waals surface area contributed by atoms with Gasteiger partial charge in [-0.3, -0.25) is 4.79 Å². The third-order valence-electron chi connectivity index (χ3n) is 2.88. The highest BCUT2D eigenvalue weighted by Crippen LogP contribution is 2.28. The number of aliphatic carboxylic acids is 1. The number of carboxylic acids is 1. The van der Waals surface area contributed by atoms with Gasteiger partial charge >= 0.3 is 5.97 Å². The molecule has 1 aromatic carbocycles. The predicted molar refractivity (Wildman–Crippen MR) is 59.7 cm³/mol. The monoisotopic (exact) mass is 221 g/mol. The lowest BCUT2D eigenvalue weighted by molar-refractivity contribution is -0.138. The van der Waals surface area contributed by atoms with E-state index in [4.69, 9.17) is 15.6 Å². The lowest BCUT2D eigenvalue weighted by Crippen LogP contribution is -2.21. The first-order valence-electron chi connectivity index (χ1n) is 5.41. The smallest absolute Gasteiger partial charge is 0.312 e. The summed E-state index contributed by atoms with van der Waals surface area (Å²) in [5.41, 5.74) is 7.33. The summed E-state index contributed by atoms with van der Waals surface area (Å²) in [6.07, 6.45) is 2.02. The van der Waals surface area contributed by atoms with Gasteiger partial charge in [-0.2, -0.15) is 0 Å². The molecule has 0 amide bonds. The fourth-order valence-corrected chi connectivity index (χ4v) is 1.95. The summed E-state index contributed by atoms with van der Waals surface area (Å²) < 4.78 is 5.50. The van der Waals surface area contributed by atoms with Gasteiger partial charge in [-0.1, -0.05) is 12.1 Å². The van der Waals surface area contributed by atoms with Gasteiger partial charge in [-0.15, -0.1) is 0 Å². The minimum Gasteiger partial charge on any atom is -0.493 e. The van der Waals surface area contributed by atoms with E-state index in [1.165, 1.54) is 0 Å². The van der Waals surface area contributed by atoms with Crippen LogP contribution in [0.5, 0.6) is 5.75 Å². The van der Waals surface area contributed by atoms with Gasteiger partial charge in [-0.25, -0.2) is 0 Å². The summed E-state index contributed by atoms with van der Waals surface area (Å²) >= 11 is 0. The Labute approximate surface area is 94.0 Å². The molecular formula is C12H15NO3. The zero-order chi connectivity index (χ0) is 11.5. The molecule has 1 aromatic rings. The molecular weight excluding hydrogens is 206 g/mol. The van der Waals surface area contributed by atoms with E-state index in [1.54, 1.807) is 6.07 Å². The van der Waals surface area contributed by atoms with E-state index >= 15 is 0 Å². The van der Waals surface area contributed by atoms with Crippen molar-refractivity contribution in [3.05, 3.63) is 29.3 Å². The third kappa shape index (κ3) is 2.02. The molecule has 16 heavy (non-hydrogen) atoms. The summed E-state index contributed by atoms with van der Waals surface area (Å²) in [7, 11) is 0. The summed E-state index contributed by atoms with van der Waals surface area (Å²) in [5.74, 6) is -0.725. The van der Waals surface area contributed by atoms with Crippen LogP contribution in [0.3, 0.4) is 0 Å². The quantitative estimate of drug-likeness (QED) is 0.802. The maximum atomic E-state index is 11.0. The Morgan fingerprint density at radius 1 is 1.56 bits per heavy atom. The highest BCUT2D eigenvalue weighted by atomic mass is 16.5. The van der Waals surface area contributed by atoms with Crippen molar-refractivity contribution in [3.63, 3.8) is 0 Å². The highest BCUT2D eigenvalue weighted by Gasteiger charge is 2.20. The van der Waals surface area contributed by atoms with E-state index in [1.807, 2.05) is 12.1 Å². The molecule has 1 heterocycles.